The van der Waals surface area contributed by atoms with Crippen LogP contribution in [-0.2, 0) is 0 Å². The van der Waals surface area contributed by atoms with Gasteiger partial charge in [0.25, 0.3) is 0 Å². The second-order valence-electron chi connectivity index (χ2n) is 7.19. The minimum absolute atomic E-state index is 0.650. The third-order valence-corrected chi connectivity index (χ3v) is 4.94. The molecule has 1 aromatic heterocycles. The summed E-state index contributed by atoms with van der Waals surface area (Å²) >= 11 is 0. The predicted molar refractivity (Wildman–Crippen MR) is 114 cm³/mol. The van der Waals surface area contributed by atoms with Crippen LogP contribution in [0.2, 0.25) is 0 Å². The molecule has 1 aliphatic heterocycles. The Bertz CT molecular complexity index is 688. The molecule has 6 heteroatoms. The van der Waals surface area contributed by atoms with E-state index < -0.39 is 0 Å². The lowest BCUT2D eigenvalue weighted by atomic mass is 10.2. The number of piperazine rings is 1. The Morgan fingerprint density at radius 2 is 1.63 bits per heavy atom. The number of likely N-dealkylation sites (N-methyl/N-ethyl adjacent to an activating group) is 1. The number of nitrogens with one attached hydrogen (secondary N) is 1. The number of rotatable bonds is 8. The number of anilines is 4. The Kier molecular flexibility index (Phi) is 6.87. The van der Waals surface area contributed by atoms with Crippen molar-refractivity contribution in [3.05, 3.63) is 36.5 Å². The van der Waals surface area contributed by atoms with Crippen molar-refractivity contribution in [1.82, 2.24) is 14.9 Å². The van der Waals surface area contributed by atoms with Gasteiger partial charge >= 0.3 is 0 Å². The molecule has 0 aliphatic carbocycles. The van der Waals surface area contributed by atoms with Crippen LogP contribution < -0.4 is 15.1 Å². The zero-order valence-corrected chi connectivity index (χ0v) is 16.9. The molecule has 146 valence electrons. The Labute approximate surface area is 163 Å². The zero-order chi connectivity index (χ0) is 19.1. The first kappa shape index (κ1) is 19.4. The molecule has 1 saturated heterocycles. The highest BCUT2D eigenvalue weighted by atomic mass is 15.2. The Morgan fingerprint density at radius 1 is 0.963 bits per heavy atom. The van der Waals surface area contributed by atoms with E-state index in [2.05, 4.69) is 70.2 Å². The fourth-order valence-electron chi connectivity index (χ4n) is 3.42. The second-order valence-corrected chi connectivity index (χ2v) is 7.19. The normalized spacial score (nSPS) is 15.0. The largest absolute Gasteiger partial charge is 0.369 e. The molecule has 2 heterocycles. The Hall–Kier alpha value is -2.34. The molecule has 0 bridgehead atoms. The van der Waals surface area contributed by atoms with Crippen LogP contribution in [0.3, 0.4) is 0 Å². The van der Waals surface area contributed by atoms with Crippen LogP contribution in [-0.4, -0.2) is 61.2 Å². The summed E-state index contributed by atoms with van der Waals surface area (Å²) < 4.78 is 0. The third kappa shape index (κ3) is 5.32. The van der Waals surface area contributed by atoms with Gasteiger partial charge in [0.05, 0.1) is 0 Å². The quantitative estimate of drug-likeness (QED) is 0.768. The second kappa shape index (κ2) is 9.55. The predicted octanol–water partition coefficient (Wildman–Crippen LogP) is 3.60. The number of nitrogens with zero attached hydrogens (tertiary/aromatic N) is 5. The molecule has 1 aromatic carbocycles. The van der Waals surface area contributed by atoms with Gasteiger partial charge in [0.2, 0.25) is 5.95 Å². The molecule has 0 saturated carbocycles. The highest BCUT2D eigenvalue weighted by molar-refractivity contribution is 5.60. The summed E-state index contributed by atoms with van der Waals surface area (Å²) in [6.07, 6.45) is 4.06. The molecule has 0 atom stereocenters. The van der Waals surface area contributed by atoms with E-state index in [1.165, 1.54) is 5.69 Å². The van der Waals surface area contributed by atoms with Crippen molar-refractivity contribution in [2.24, 2.45) is 0 Å². The monoisotopic (exact) mass is 368 g/mol. The molecule has 1 fully saturated rings. The van der Waals surface area contributed by atoms with Crippen LogP contribution in [0, 0.1) is 0 Å². The van der Waals surface area contributed by atoms with E-state index >= 15 is 0 Å². The average Bonchev–Trinajstić information content (AvgIpc) is 2.69. The zero-order valence-electron chi connectivity index (χ0n) is 16.9. The molecule has 1 N–H and O–H groups in total. The first-order chi connectivity index (χ1) is 13.2. The van der Waals surface area contributed by atoms with Crippen molar-refractivity contribution in [2.75, 3.05) is 61.4 Å². The van der Waals surface area contributed by atoms with Gasteiger partial charge in [-0.25, -0.2) is 4.98 Å². The highest BCUT2D eigenvalue weighted by Gasteiger charge is 2.14. The molecular formula is C21H32N6. The molecule has 27 heavy (non-hydrogen) atoms. The number of benzene rings is 1. The standard InChI is InChI=1S/C21H32N6/c1-4-12-27(13-5-2)20-10-11-22-21(24-20)23-18-6-8-19(9-7-18)26-16-14-25(3)15-17-26/h6-11H,4-5,12-17H2,1-3H3,(H,22,23,24). The van der Waals surface area contributed by atoms with Gasteiger partial charge in [-0.05, 0) is 50.2 Å². The topological polar surface area (TPSA) is 47.5 Å². The summed E-state index contributed by atoms with van der Waals surface area (Å²) in [6.45, 7) is 10.8. The van der Waals surface area contributed by atoms with Gasteiger partial charge in [0.1, 0.15) is 5.82 Å². The van der Waals surface area contributed by atoms with Gasteiger partial charge in [-0.2, -0.15) is 4.98 Å². The van der Waals surface area contributed by atoms with Crippen LogP contribution in [0.1, 0.15) is 26.7 Å². The maximum atomic E-state index is 4.71. The molecular weight excluding hydrogens is 336 g/mol. The lowest BCUT2D eigenvalue weighted by Crippen LogP contribution is -2.44. The van der Waals surface area contributed by atoms with Gasteiger partial charge in [0.15, 0.2) is 0 Å². The molecule has 0 radical (unpaired) electrons. The number of hydrogen-bond donors (Lipinski definition) is 1. The highest BCUT2D eigenvalue weighted by Crippen LogP contribution is 2.22. The van der Waals surface area contributed by atoms with E-state index in [4.69, 9.17) is 4.98 Å². The van der Waals surface area contributed by atoms with Gasteiger partial charge < -0.3 is 20.0 Å². The van der Waals surface area contributed by atoms with E-state index in [0.717, 1.165) is 63.6 Å². The van der Waals surface area contributed by atoms with Crippen molar-refractivity contribution in [3.63, 3.8) is 0 Å². The van der Waals surface area contributed by atoms with E-state index in [1.54, 1.807) is 0 Å². The first-order valence-corrected chi connectivity index (χ1v) is 10.1. The lowest BCUT2D eigenvalue weighted by Gasteiger charge is -2.34. The van der Waals surface area contributed by atoms with Gasteiger partial charge in [-0.15, -0.1) is 0 Å². The third-order valence-electron chi connectivity index (χ3n) is 4.94. The van der Waals surface area contributed by atoms with Crippen molar-refractivity contribution >= 4 is 23.1 Å². The van der Waals surface area contributed by atoms with Crippen LogP contribution in [0.15, 0.2) is 36.5 Å². The summed E-state index contributed by atoms with van der Waals surface area (Å²) in [5, 5.41) is 3.34. The fourth-order valence-corrected chi connectivity index (χ4v) is 3.42. The maximum absolute atomic E-state index is 4.71. The minimum Gasteiger partial charge on any atom is -0.369 e. The Morgan fingerprint density at radius 3 is 2.26 bits per heavy atom. The molecule has 3 rings (SSSR count). The van der Waals surface area contributed by atoms with Crippen molar-refractivity contribution < 1.29 is 0 Å². The van der Waals surface area contributed by atoms with Crippen molar-refractivity contribution in [1.29, 1.82) is 0 Å². The van der Waals surface area contributed by atoms with Crippen LogP contribution in [0.25, 0.3) is 0 Å². The summed E-state index contributed by atoms with van der Waals surface area (Å²) in [5.41, 5.74) is 2.29. The SMILES string of the molecule is CCCN(CCC)c1ccnc(Nc2ccc(N3CCN(C)CC3)cc2)n1. The van der Waals surface area contributed by atoms with Crippen LogP contribution in [0.4, 0.5) is 23.1 Å². The minimum atomic E-state index is 0.650. The summed E-state index contributed by atoms with van der Waals surface area (Å²) in [5.74, 6) is 1.64. The van der Waals surface area contributed by atoms with E-state index in [-0.39, 0.29) is 0 Å². The van der Waals surface area contributed by atoms with Gasteiger partial charge in [-0.3, -0.25) is 0 Å². The van der Waals surface area contributed by atoms with Gasteiger partial charge in [-0.1, -0.05) is 13.8 Å². The lowest BCUT2D eigenvalue weighted by molar-refractivity contribution is 0.313. The maximum Gasteiger partial charge on any atom is 0.229 e. The first-order valence-electron chi connectivity index (χ1n) is 10.1. The van der Waals surface area contributed by atoms with E-state index in [0.29, 0.717) is 5.95 Å². The summed E-state index contributed by atoms with van der Waals surface area (Å²) in [4.78, 5) is 16.2. The summed E-state index contributed by atoms with van der Waals surface area (Å²) in [7, 11) is 2.18. The van der Waals surface area contributed by atoms with Crippen molar-refractivity contribution in [3.8, 4) is 0 Å². The number of aromatic nitrogens is 2. The smallest absolute Gasteiger partial charge is 0.229 e. The molecule has 0 unspecified atom stereocenters. The number of hydrogen-bond acceptors (Lipinski definition) is 6. The molecule has 0 amide bonds. The average molecular weight is 369 g/mol. The fraction of sp³-hybridized carbons (Fsp3) is 0.524. The van der Waals surface area contributed by atoms with Crippen molar-refractivity contribution in [2.45, 2.75) is 26.7 Å². The Balaban J connectivity index is 1.65. The molecule has 0 spiro atoms. The molecule has 6 nitrogen and oxygen atoms in total. The van der Waals surface area contributed by atoms with E-state index in [1.807, 2.05) is 12.3 Å². The van der Waals surface area contributed by atoms with Crippen LogP contribution in [0.5, 0.6) is 0 Å². The molecule has 1 aliphatic rings. The summed E-state index contributed by atoms with van der Waals surface area (Å²) in [6, 6.07) is 10.6. The molecule has 2 aromatic rings. The van der Waals surface area contributed by atoms with Gasteiger partial charge in [0, 0.05) is 56.8 Å². The van der Waals surface area contributed by atoms with Crippen LogP contribution >= 0.6 is 0 Å². The van der Waals surface area contributed by atoms with E-state index in [9.17, 15) is 0 Å².